The van der Waals surface area contributed by atoms with E-state index in [9.17, 15) is 18.3 Å². The van der Waals surface area contributed by atoms with Crippen LogP contribution in [-0.2, 0) is 10.0 Å². The van der Waals surface area contributed by atoms with Gasteiger partial charge in [0.15, 0.2) is 5.03 Å². The smallest absolute Gasteiger partial charge is 0.281 e. The lowest BCUT2D eigenvalue weighted by Crippen LogP contribution is -2.41. The third-order valence-electron chi connectivity index (χ3n) is 6.25. The van der Waals surface area contributed by atoms with Crippen LogP contribution >= 0.6 is 0 Å². The van der Waals surface area contributed by atoms with Crippen molar-refractivity contribution in [1.82, 2.24) is 14.7 Å². The zero-order chi connectivity index (χ0) is 26.1. The van der Waals surface area contributed by atoms with Gasteiger partial charge in [0.2, 0.25) is 0 Å². The minimum Gasteiger partial charge on any atom is -0.389 e. The highest BCUT2D eigenvalue weighted by Gasteiger charge is 2.39. The van der Waals surface area contributed by atoms with Crippen molar-refractivity contribution >= 4 is 33.3 Å². The fraction of sp³-hybridized carbons (Fsp3) is 0.346. The van der Waals surface area contributed by atoms with Gasteiger partial charge in [-0.3, -0.25) is 4.79 Å². The topological polar surface area (TPSA) is 125 Å². The van der Waals surface area contributed by atoms with E-state index >= 15 is 0 Å². The number of anilines is 3. The Bertz CT molecular complexity index is 1360. The fourth-order valence-corrected chi connectivity index (χ4v) is 5.54. The van der Waals surface area contributed by atoms with E-state index in [0.29, 0.717) is 23.2 Å². The first-order chi connectivity index (χ1) is 17.0. The average Bonchev–Trinajstić information content (AvgIpc) is 3.11. The maximum atomic E-state index is 13.1. The van der Waals surface area contributed by atoms with Crippen LogP contribution in [-0.4, -0.2) is 41.5 Å². The molecule has 0 bridgehead atoms. The van der Waals surface area contributed by atoms with Gasteiger partial charge in [0.05, 0.1) is 11.7 Å². The molecule has 2 atom stereocenters. The molecular formula is C26H31N5O4S. The fourth-order valence-electron chi connectivity index (χ4n) is 4.61. The zero-order valence-corrected chi connectivity index (χ0v) is 21.6. The maximum Gasteiger partial charge on any atom is 0.281 e. The van der Waals surface area contributed by atoms with E-state index in [1.54, 1.807) is 61.7 Å². The average molecular weight is 510 g/mol. The van der Waals surface area contributed by atoms with Gasteiger partial charge in [-0.15, -0.1) is 0 Å². The van der Waals surface area contributed by atoms with Gasteiger partial charge in [0, 0.05) is 24.0 Å². The molecule has 4 rings (SSSR count). The minimum absolute atomic E-state index is 0.190. The number of nitrogens with one attached hydrogen (secondary N) is 2. The molecule has 3 N–H and O–H groups in total. The second kappa shape index (κ2) is 9.87. The number of aliphatic hydroxyl groups is 1. The second-order valence-electron chi connectivity index (χ2n) is 9.83. The molecule has 9 nitrogen and oxygen atoms in total. The molecule has 1 aliphatic rings. The summed E-state index contributed by atoms with van der Waals surface area (Å²) in [6, 6.07) is 14.7. The lowest BCUT2D eigenvalue weighted by Gasteiger charge is -2.33. The number of aromatic nitrogens is 2. The van der Waals surface area contributed by atoms with Crippen LogP contribution in [0.2, 0.25) is 0 Å². The number of sulfonamides is 1. The minimum atomic E-state index is -4.25. The van der Waals surface area contributed by atoms with Crippen molar-refractivity contribution in [1.29, 1.82) is 0 Å². The molecule has 1 saturated heterocycles. The standard InChI is InChI=1S/C26H31N5O4S/c1-17-15-26(3,4)31(16-17)24-21(7-6-14-27-24)25(33)30-36(34,35)23-9-5-8-22(29-23)28-20-12-10-19(11-13-20)18(2)32/h5-14,17-18,32H,15-16H2,1-4H3,(H,28,29)(H,30,33). The van der Waals surface area contributed by atoms with Crippen molar-refractivity contribution < 1.29 is 18.3 Å². The predicted octanol–water partition coefficient (Wildman–Crippen LogP) is 4.02. The first kappa shape index (κ1) is 25.6. The number of pyridine rings is 2. The molecule has 2 unspecified atom stereocenters. The van der Waals surface area contributed by atoms with Crippen molar-refractivity contribution in [3.05, 3.63) is 71.9 Å². The highest BCUT2D eigenvalue weighted by Crippen LogP contribution is 2.37. The largest absolute Gasteiger partial charge is 0.389 e. The quantitative estimate of drug-likeness (QED) is 0.436. The molecule has 0 radical (unpaired) electrons. The molecule has 190 valence electrons. The molecule has 1 aliphatic heterocycles. The number of amides is 1. The molecule has 1 fully saturated rings. The Hall–Kier alpha value is -3.50. The Kier molecular flexibility index (Phi) is 7.01. The Morgan fingerprint density at radius 3 is 2.50 bits per heavy atom. The summed E-state index contributed by atoms with van der Waals surface area (Å²) in [5.41, 5.74) is 1.41. The lowest BCUT2D eigenvalue weighted by molar-refractivity contribution is 0.0981. The van der Waals surface area contributed by atoms with E-state index in [0.717, 1.165) is 18.5 Å². The SMILES string of the molecule is CC1CN(c2ncccc2C(=O)NS(=O)(=O)c2cccc(Nc3ccc(C(C)O)cc3)n2)C(C)(C)C1. The number of carbonyl (C=O) groups excluding carboxylic acids is 1. The Labute approximate surface area is 211 Å². The Balaban J connectivity index is 1.54. The summed E-state index contributed by atoms with van der Waals surface area (Å²) in [7, 11) is -4.25. The molecule has 3 heterocycles. The van der Waals surface area contributed by atoms with E-state index in [4.69, 9.17) is 0 Å². The van der Waals surface area contributed by atoms with Gasteiger partial charge in [-0.25, -0.2) is 14.7 Å². The zero-order valence-electron chi connectivity index (χ0n) is 20.8. The molecular weight excluding hydrogens is 478 g/mol. The molecule has 1 aromatic carbocycles. The molecule has 2 aromatic heterocycles. The Morgan fingerprint density at radius 1 is 1.14 bits per heavy atom. The van der Waals surface area contributed by atoms with E-state index in [1.807, 2.05) is 0 Å². The third kappa shape index (κ3) is 5.50. The summed E-state index contributed by atoms with van der Waals surface area (Å²) in [5, 5.41) is 12.4. The predicted molar refractivity (Wildman–Crippen MR) is 139 cm³/mol. The van der Waals surface area contributed by atoms with Crippen molar-refractivity contribution in [2.24, 2.45) is 5.92 Å². The van der Waals surface area contributed by atoms with Crippen LogP contribution in [0, 0.1) is 5.92 Å². The molecule has 3 aromatic rings. The summed E-state index contributed by atoms with van der Waals surface area (Å²) < 4.78 is 28.3. The van der Waals surface area contributed by atoms with Crippen LogP contribution in [0.1, 0.15) is 56.1 Å². The summed E-state index contributed by atoms with van der Waals surface area (Å²) >= 11 is 0. The summed E-state index contributed by atoms with van der Waals surface area (Å²) in [4.78, 5) is 23.8. The summed E-state index contributed by atoms with van der Waals surface area (Å²) in [6.07, 6.45) is 1.95. The van der Waals surface area contributed by atoms with E-state index in [2.05, 4.69) is 45.7 Å². The second-order valence-corrected chi connectivity index (χ2v) is 11.5. The maximum absolute atomic E-state index is 13.1. The van der Waals surface area contributed by atoms with Gasteiger partial charge in [-0.1, -0.05) is 25.1 Å². The Morgan fingerprint density at radius 2 is 1.86 bits per heavy atom. The van der Waals surface area contributed by atoms with E-state index < -0.39 is 22.0 Å². The number of carbonyl (C=O) groups is 1. The van der Waals surface area contributed by atoms with Crippen molar-refractivity contribution in [2.45, 2.75) is 50.8 Å². The van der Waals surface area contributed by atoms with Crippen LogP contribution < -0.4 is 14.9 Å². The highest BCUT2D eigenvalue weighted by molar-refractivity contribution is 7.90. The van der Waals surface area contributed by atoms with Crippen molar-refractivity contribution in [3.8, 4) is 0 Å². The molecule has 0 saturated carbocycles. The van der Waals surface area contributed by atoms with Gasteiger partial charge in [0.1, 0.15) is 11.6 Å². The molecule has 0 spiro atoms. The van der Waals surface area contributed by atoms with Crippen LogP contribution in [0.25, 0.3) is 0 Å². The van der Waals surface area contributed by atoms with Gasteiger partial charge in [-0.05, 0) is 75.1 Å². The van der Waals surface area contributed by atoms with E-state index in [1.165, 1.54) is 6.07 Å². The van der Waals surface area contributed by atoms with Gasteiger partial charge in [0.25, 0.3) is 15.9 Å². The number of nitrogens with zero attached hydrogens (tertiary/aromatic N) is 3. The highest BCUT2D eigenvalue weighted by atomic mass is 32.2. The summed E-state index contributed by atoms with van der Waals surface area (Å²) in [6.45, 7) is 8.72. The van der Waals surface area contributed by atoms with Crippen molar-refractivity contribution in [3.63, 3.8) is 0 Å². The number of hydrogen-bond acceptors (Lipinski definition) is 8. The lowest BCUT2D eigenvalue weighted by atomic mass is 9.97. The molecule has 1 amide bonds. The number of benzene rings is 1. The number of aliphatic hydroxyl groups excluding tert-OH is 1. The van der Waals surface area contributed by atoms with Crippen LogP contribution in [0.15, 0.2) is 65.8 Å². The normalized spacial score (nSPS) is 18.0. The van der Waals surface area contributed by atoms with Crippen LogP contribution in [0.5, 0.6) is 0 Å². The first-order valence-electron chi connectivity index (χ1n) is 11.8. The molecule has 10 heteroatoms. The van der Waals surface area contributed by atoms with Gasteiger partial charge in [-0.2, -0.15) is 8.42 Å². The monoisotopic (exact) mass is 509 g/mol. The van der Waals surface area contributed by atoms with Gasteiger partial charge < -0.3 is 15.3 Å². The number of hydrogen-bond donors (Lipinski definition) is 3. The first-order valence-corrected chi connectivity index (χ1v) is 13.3. The van der Waals surface area contributed by atoms with Gasteiger partial charge >= 0.3 is 0 Å². The summed E-state index contributed by atoms with van der Waals surface area (Å²) in [5.74, 6) is 0.417. The van der Waals surface area contributed by atoms with Crippen LogP contribution in [0.4, 0.5) is 17.3 Å². The third-order valence-corrected chi connectivity index (χ3v) is 7.48. The van der Waals surface area contributed by atoms with E-state index in [-0.39, 0.29) is 16.1 Å². The van der Waals surface area contributed by atoms with Crippen molar-refractivity contribution in [2.75, 3.05) is 16.8 Å². The molecule has 36 heavy (non-hydrogen) atoms. The molecule has 0 aliphatic carbocycles. The van der Waals surface area contributed by atoms with Crippen LogP contribution in [0.3, 0.4) is 0 Å². The number of rotatable bonds is 7.